The van der Waals surface area contributed by atoms with Gasteiger partial charge in [0.1, 0.15) is 11.9 Å². The van der Waals surface area contributed by atoms with Gasteiger partial charge in [0, 0.05) is 5.02 Å². The lowest BCUT2D eigenvalue weighted by atomic mass is 10.1. The van der Waals surface area contributed by atoms with Gasteiger partial charge in [-0.25, -0.2) is 0 Å². The van der Waals surface area contributed by atoms with Crippen LogP contribution in [0.15, 0.2) is 48.5 Å². The molecule has 1 unspecified atom stereocenters. The van der Waals surface area contributed by atoms with Crippen LogP contribution in [0.25, 0.3) is 0 Å². The Hall–Kier alpha value is -1.98. The fraction of sp³-hybridized carbons (Fsp3) is 0.133. The smallest absolute Gasteiger partial charge is 0.121 e. The molecule has 2 rings (SSSR count). The number of nitrogens with zero attached hydrogens (tertiary/aromatic N) is 1. The molecule has 0 fully saturated rings. The van der Waals surface area contributed by atoms with Crippen LogP contribution in [0.1, 0.15) is 24.2 Å². The van der Waals surface area contributed by atoms with Gasteiger partial charge in [0.05, 0.1) is 11.6 Å². The van der Waals surface area contributed by atoms with Crippen molar-refractivity contribution in [3.63, 3.8) is 0 Å². The second-order valence-corrected chi connectivity index (χ2v) is 4.39. The van der Waals surface area contributed by atoms with Gasteiger partial charge in [0.2, 0.25) is 0 Å². The summed E-state index contributed by atoms with van der Waals surface area (Å²) in [5.41, 5.74) is 1.67. The molecule has 0 saturated carbocycles. The normalized spacial score (nSPS) is 11.6. The molecule has 0 aliphatic heterocycles. The van der Waals surface area contributed by atoms with Crippen molar-refractivity contribution in [2.24, 2.45) is 0 Å². The third kappa shape index (κ3) is 3.03. The van der Waals surface area contributed by atoms with E-state index in [2.05, 4.69) is 6.07 Å². The fourth-order valence-corrected chi connectivity index (χ4v) is 1.82. The van der Waals surface area contributed by atoms with Crippen molar-refractivity contribution in [1.82, 2.24) is 0 Å². The number of benzene rings is 2. The molecule has 0 aromatic heterocycles. The fourth-order valence-electron chi connectivity index (χ4n) is 1.64. The Morgan fingerprint density at radius 3 is 2.50 bits per heavy atom. The van der Waals surface area contributed by atoms with Gasteiger partial charge in [-0.15, -0.1) is 0 Å². The number of rotatable bonds is 3. The maximum absolute atomic E-state index is 8.74. The highest BCUT2D eigenvalue weighted by atomic mass is 35.5. The lowest BCUT2D eigenvalue weighted by molar-refractivity contribution is 0.227. The van der Waals surface area contributed by atoms with Crippen LogP contribution >= 0.6 is 11.6 Å². The largest absolute Gasteiger partial charge is 0.486 e. The van der Waals surface area contributed by atoms with E-state index in [-0.39, 0.29) is 6.10 Å². The second-order valence-electron chi connectivity index (χ2n) is 3.95. The Bertz CT molecular complexity index is 572. The lowest BCUT2D eigenvalue weighted by Gasteiger charge is -2.15. The van der Waals surface area contributed by atoms with Crippen LogP contribution in [0.4, 0.5) is 0 Å². The SMILES string of the molecule is CC(Oc1cccc(Cl)c1)c1ccc(C#N)cc1. The molecule has 0 amide bonds. The predicted octanol–water partition coefficient (Wildman–Crippen LogP) is 4.35. The number of hydrogen-bond acceptors (Lipinski definition) is 2. The van der Waals surface area contributed by atoms with Gasteiger partial charge in [-0.1, -0.05) is 29.8 Å². The van der Waals surface area contributed by atoms with E-state index in [1.54, 1.807) is 24.3 Å². The minimum atomic E-state index is -0.0868. The summed E-state index contributed by atoms with van der Waals surface area (Å²) in [6, 6.07) is 16.8. The van der Waals surface area contributed by atoms with Gasteiger partial charge >= 0.3 is 0 Å². The molecule has 0 heterocycles. The average molecular weight is 258 g/mol. The zero-order valence-electron chi connectivity index (χ0n) is 9.93. The van der Waals surface area contributed by atoms with E-state index < -0.39 is 0 Å². The average Bonchev–Trinajstić information content (AvgIpc) is 2.39. The van der Waals surface area contributed by atoms with Crippen LogP contribution in [-0.2, 0) is 0 Å². The summed E-state index contributed by atoms with van der Waals surface area (Å²) in [6.45, 7) is 1.96. The summed E-state index contributed by atoms with van der Waals surface area (Å²) in [6.07, 6.45) is -0.0868. The van der Waals surface area contributed by atoms with E-state index in [9.17, 15) is 0 Å². The standard InChI is InChI=1S/C15H12ClNO/c1-11(13-7-5-12(10-17)6-8-13)18-15-4-2-3-14(16)9-15/h2-9,11H,1H3. The summed E-state index contributed by atoms with van der Waals surface area (Å²) in [5.74, 6) is 0.736. The first kappa shape index (κ1) is 12.5. The Balaban J connectivity index is 2.12. The molecule has 0 aliphatic rings. The highest BCUT2D eigenvalue weighted by Gasteiger charge is 2.07. The molecule has 0 bridgehead atoms. The molecule has 0 saturated heterocycles. The van der Waals surface area contributed by atoms with E-state index in [0.717, 1.165) is 11.3 Å². The van der Waals surface area contributed by atoms with Gasteiger partial charge < -0.3 is 4.74 Å². The summed E-state index contributed by atoms with van der Waals surface area (Å²) in [7, 11) is 0. The molecule has 1 atom stereocenters. The van der Waals surface area contributed by atoms with E-state index in [0.29, 0.717) is 10.6 Å². The van der Waals surface area contributed by atoms with Gasteiger partial charge in [-0.3, -0.25) is 0 Å². The van der Waals surface area contributed by atoms with Gasteiger partial charge in [-0.2, -0.15) is 5.26 Å². The lowest BCUT2D eigenvalue weighted by Crippen LogP contribution is -2.02. The predicted molar refractivity (Wildman–Crippen MR) is 71.7 cm³/mol. The molecular weight excluding hydrogens is 246 g/mol. The van der Waals surface area contributed by atoms with Crippen LogP contribution in [0.5, 0.6) is 5.75 Å². The topological polar surface area (TPSA) is 33.0 Å². The summed E-state index contributed by atoms with van der Waals surface area (Å²) in [5, 5.41) is 9.39. The third-order valence-electron chi connectivity index (χ3n) is 2.62. The first-order valence-corrected chi connectivity index (χ1v) is 5.99. The van der Waals surface area contributed by atoms with Crippen LogP contribution in [-0.4, -0.2) is 0 Å². The van der Waals surface area contributed by atoms with Crippen molar-refractivity contribution in [3.8, 4) is 11.8 Å². The van der Waals surface area contributed by atoms with E-state index in [1.165, 1.54) is 0 Å². The summed E-state index contributed by atoms with van der Waals surface area (Å²) >= 11 is 5.90. The Labute approximate surface area is 111 Å². The maximum atomic E-state index is 8.74. The maximum Gasteiger partial charge on any atom is 0.121 e. The monoisotopic (exact) mass is 257 g/mol. The van der Waals surface area contributed by atoms with Crippen molar-refractivity contribution in [3.05, 3.63) is 64.7 Å². The highest BCUT2D eigenvalue weighted by Crippen LogP contribution is 2.24. The molecular formula is C15H12ClNO. The van der Waals surface area contributed by atoms with Crippen molar-refractivity contribution in [1.29, 1.82) is 5.26 Å². The molecule has 0 radical (unpaired) electrons. The molecule has 0 N–H and O–H groups in total. The summed E-state index contributed by atoms with van der Waals surface area (Å²) in [4.78, 5) is 0. The first-order chi connectivity index (χ1) is 8.69. The molecule has 3 heteroatoms. The molecule has 90 valence electrons. The summed E-state index contributed by atoms with van der Waals surface area (Å²) < 4.78 is 5.79. The second kappa shape index (κ2) is 5.57. The van der Waals surface area contributed by atoms with E-state index >= 15 is 0 Å². The molecule has 18 heavy (non-hydrogen) atoms. The van der Waals surface area contributed by atoms with E-state index in [4.69, 9.17) is 21.6 Å². The molecule has 2 aromatic carbocycles. The minimum absolute atomic E-state index is 0.0868. The van der Waals surface area contributed by atoms with Crippen molar-refractivity contribution >= 4 is 11.6 Å². The van der Waals surface area contributed by atoms with Crippen LogP contribution in [0.2, 0.25) is 5.02 Å². The molecule has 2 nitrogen and oxygen atoms in total. The quantitative estimate of drug-likeness (QED) is 0.819. The van der Waals surface area contributed by atoms with E-state index in [1.807, 2.05) is 31.2 Å². The van der Waals surface area contributed by atoms with Gasteiger partial charge in [-0.05, 0) is 42.8 Å². The first-order valence-electron chi connectivity index (χ1n) is 5.61. The van der Waals surface area contributed by atoms with Gasteiger partial charge in [0.25, 0.3) is 0 Å². The highest BCUT2D eigenvalue weighted by molar-refractivity contribution is 6.30. The molecule has 2 aromatic rings. The molecule has 0 aliphatic carbocycles. The minimum Gasteiger partial charge on any atom is -0.486 e. The number of halogens is 1. The Morgan fingerprint density at radius 2 is 1.89 bits per heavy atom. The molecule has 0 spiro atoms. The van der Waals surface area contributed by atoms with Crippen molar-refractivity contribution < 1.29 is 4.74 Å². The zero-order chi connectivity index (χ0) is 13.0. The van der Waals surface area contributed by atoms with Crippen LogP contribution in [0, 0.1) is 11.3 Å². The third-order valence-corrected chi connectivity index (χ3v) is 2.85. The number of ether oxygens (including phenoxy) is 1. The number of hydrogen-bond donors (Lipinski definition) is 0. The Morgan fingerprint density at radius 1 is 1.17 bits per heavy atom. The zero-order valence-corrected chi connectivity index (χ0v) is 10.7. The van der Waals surface area contributed by atoms with Crippen LogP contribution < -0.4 is 4.74 Å². The Kier molecular flexibility index (Phi) is 3.86. The van der Waals surface area contributed by atoms with Crippen molar-refractivity contribution in [2.45, 2.75) is 13.0 Å². The number of nitriles is 1. The van der Waals surface area contributed by atoms with Crippen molar-refractivity contribution in [2.75, 3.05) is 0 Å². The van der Waals surface area contributed by atoms with Crippen LogP contribution in [0.3, 0.4) is 0 Å². The van der Waals surface area contributed by atoms with Gasteiger partial charge in [0.15, 0.2) is 0 Å².